The molecule has 27 heavy (non-hydrogen) atoms. The molecule has 0 unspecified atom stereocenters. The lowest BCUT2D eigenvalue weighted by Gasteiger charge is -2.36. The van der Waals surface area contributed by atoms with Gasteiger partial charge >= 0.3 is 0 Å². The first kappa shape index (κ1) is 18.1. The minimum absolute atomic E-state index is 0.260. The Bertz CT molecular complexity index is 921. The van der Waals surface area contributed by atoms with Crippen LogP contribution in [0, 0.1) is 6.92 Å². The lowest BCUT2D eigenvalue weighted by atomic mass is 10.1. The molecule has 0 aliphatic carbocycles. The van der Waals surface area contributed by atoms with Crippen LogP contribution in [0.4, 0.5) is 5.69 Å². The predicted molar refractivity (Wildman–Crippen MR) is 104 cm³/mol. The molecular weight excluding hydrogens is 364 g/mol. The summed E-state index contributed by atoms with van der Waals surface area (Å²) >= 11 is 0. The molecule has 2 aliphatic heterocycles. The molecule has 1 fully saturated rings. The number of fused-ring (bicyclic) bond motifs is 1. The highest BCUT2D eigenvalue weighted by Gasteiger charge is 2.30. The van der Waals surface area contributed by atoms with Crippen LogP contribution in [-0.4, -0.2) is 52.1 Å². The first-order chi connectivity index (χ1) is 13.1. The van der Waals surface area contributed by atoms with Crippen molar-refractivity contribution < 1.29 is 17.9 Å². The Hall–Kier alpha value is -2.25. The number of hydrogen-bond acceptors (Lipinski definition) is 5. The fourth-order valence-corrected chi connectivity index (χ4v) is 4.98. The molecule has 144 valence electrons. The maximum absolute atomic E-state index is 13.1. The van der Waals surface area contributed by atoms with Crippen molar-refractivity contribution in [3.63, 3.8) is 0 Å². The molecule has 6 nitrogen and oxygen atoms in total. The van der Waals surface area contributed by atoms with Crippen LogP contribution in [0.2, 0.25) is 0 Å². The average Bonchev–Trinajstić information content (AvgIpc) is 2.93. The van der Waals surface area contributed by atoms with Crippen LogP contribution in [0.3, 0.4) is 0 Å². The van der Waals surface area contributed by atoms with Crippen molar-refractivity contribution in [2.24, 2.45) is 0 Å². The summed E-state index contributed by atoms with van der Waals surface area (Å²) in [6, 6.07) is 13.1. The summed E-state index contributed by atoms with van der Waals surface area (Å²) in [4.78, 5) is 2.51. The number of sulfonamides is 1. The van der Waals surface area contributed by atoms with E-state index in [4.69, 9.17) is 9.47 Å². The standard InChI is InChI=1S/C20H24N2O4S/c1-16-5-2-3-6-18(16)21-9-11-22(12-10-21)27(23,24)17-7-8-19-20(15-17)26-14-4-13-25-19/h2-3,5-8,15H,4,9-14H2,1H3. The first-order valence-electron chi connectivity index (χ1n) is 9.26. The van der Waals surface area contributed by atoms with E-state index in [2.05, 4.69) is 24.0 Å². The zero-order valence-corrected chi connectivity index (χ0v) is 16.2. The average molecular weight is 388 g/mol. The van der Waals surface area contributed by atoms with Gasteiger partial charge in [0.25, 0.3) is 0 Å². The Labute approximate surface area is 160 Å². The smallest absolute Gasteiger partial charge is 0.243 e. The number of ether oxygens (including phenoxy) is 2. The normalized spacial score (nSPS) is 18.2. The molecule has 0 saturated carbocycles. The van der Waals surface area contributed by atoms with E-state index in [1.165, 1.54) is 11.3 Å². The summed E-state index contributed by atoms with van der Waals surface area (Å²) < 4.78 is 39.0. The lowest BCUT2D eigenvalue weighted by Crippen LogP contribution is -2.48. The van der Waals surface area contributed by atoms with Gasteiger partial charge in [0, 0.05) is 44.4 Å². The third kappa shape index (κ3) is 3.61. The number of piperazine rings is 1. The second-order valence-electron chi connectivity index (χ2n) is 6.84. The second-order valence-corrected chi connectivity index (χ2v) is 8.77. The number of anilines is 1. The predicted octanol–water partition coefficient (Wildman–Crippen LogP) is 2.67. The van der Waals surface area contributed by atoms with Crippen molar-refractivity contribution in [1.82, 2.24) is 4.31 Å². The summed E-state index contributed by atoms with van der Waals surface area (Å²) in [5, 5.41) is 0. The molecule has 2 heterocycles. The van der Waals surface area contributed by atoms with Crippen LogP contribution < -0.4 is 14.4 Å². The topological polar surface area (TPSA) is 59.1 Å². The molecule has 0 aromatic heterocycles. The number of hydrogen-bond donors (Lipinski definition) is 0. The van der Waals surface area contributed by atoms with E-state index < -0.39 is 10.0 Å². The highest BCUT2D eigenvalue weighted by atomic mass is 32.2. The lowest BCUT2D eigenvalue weighted by molar-refractivity contribution is 0.296. The minimum atomic E-state index is -3.55. The highest BCUT2D eigenvalue weighted by Crippen LogP contribution is 2.33. The van der Waals surface area contributed by atoms with E-state index in [1.807, 2.05) is 12.1 Å². The number of rotatable bonds is 3. The Morgan fingerprint density at radius 1 is 0.889 bits per heavy atom. The van der Waals surface area contributed by atoms with Gasteiger partial charge in [0.1, 0.15) is 0 Å². The largest absolute Gasteiger partial charge is 0.490 e. The number of benzene rings is 2. The molecular formula is C20H24N2O4S. The molecule has 7 heteroatoms. The first-order valence-corrected chi connectivity index (χ1v) is 10.7. The molecule has 2 aromatic rings. The van der Waals surface area contributed by atoms with E-state index in [0.717, 1.165) is 6.42 Å². The molecule has 0 spiro atoms. The monoisotopic (exact) mass is 388 g/mol. The molecule has 0 atom stereocenters. The van der Waals surface area contributed by atoms with Gasteiger partial charge in [0.05, 0.1) is 18.1 Å². The van der Waals surface area contributed by atoms with Gasteiger partial charge in [-0.25, -0.2) is 8.42 Å². The molecule has 0 N–H and O–H groups in total. The summed E-state index contributed by atoms with van der Waals surface area (Å²) in [7, 11) is -3.55. The van der Waals surface area contributed by atoms with Gasteiger partial charge in [-0.15, -0.1) is 0 Å². The Kier molecular flexibility index (Phi) is 4.97. The van der Waals surface area contributed by atoms with Crippen LogP contribution in [0.5, 0.6) is 11.5 Å². The van der Waals surface area contributed by atoms with Crippen molar-refractivity contribution in [3.05, 3.63) is 48.0 Å². The van der Waals surface area contributed by atoms with Crippen LogP contribution in [-0.2, 0) is 10.0 Å². The van der Waals surface area contributed by atoms with Crippen molar-refractivity contribution >= 4 is 15.7 Å². The third-order valence-electron chi connectivity index (χ3n) is 5.05. The van der Waals surface area contributed by atoms with Crippen molar-refractivity contribution in [2.45, 2.75) is 18.2 Å². The van der Waals surface area contributed by atoms with Crippen LogP contribution in [0.15, 0.2) is 47.4 Å². The van der Waals surface area contributed by atoms with Gasteiger partial charge in [0.15, 0.2) is 11.5 Å². The van der Waals surface area contributed by atoms with Crippen molar-refractivity contribution in [2.75, 3.05) is 44.3 Å². The Morgan fingerprint density at radius 2 is 1.59 bits per heavy atom. The van der Waals surface area contributed by atoms with E-state index in [1.54, 1.807) is 22.5 Å². The second kappa shape index (κ2) is 7.40. The van der Waals surface area contributed by atoms with E-state index >= 15 is 0 Å². The summed E-state index contributed by atoms with van der Waals surface area (Å²) in [6.07, 6.45) is 0.789. The Morgan fingerprint density at radius 3 is 2.33 bits per heavy atom. The fraction of sp³-hybridized carbons (Fsp3) is 0.400. The van der Waals surface area contributed by atoms with Crippen LogP contribution in [0.25, 0.3) is 0 Å². The van der Waals surface area contributed by atoms with Crippen LogP contribution >= 0.6 is 0 Å². The fourth-order valence-electron chi connectivity index (χ4n) is 3.54. The SMILES string of the molecule is Cc1ccccc1N1CCN(S(=O)(=O)c2ccc3c(c2)OCCCO3)CC1. The summed E-state index contributed by atoms with van der Waals surface area (Å²) in [5.74, 6) is 1.11. The van der Waals surface area contributed by atoms with Crippen molar-refractivity contribution in [3.8, 4) is 11.5 Å². The van der Waals surface area contributed by atoms with Crippen molar-refractivity contribution in [1.29, 1.82) is 0 Å². The van der Waals surface area contributed by atoms with Gasteiger partial charge in [-0.05, 0) is 30.7 Å². The number of nitrogens with zero attached hydrogens (tertiary/aromatic N) is 2. The molecule has 0 amide bonds. The molecule has 2 aromatic carbocycles. The van der Waals surface area contributed by atoms with Gasteiger partial charge in [-0.3, -0.25) is 0 Å². The zero-order chi connectivity index (χ0) is 18.9. The van der Waals surface area contributed by atoms with Gasteiger partial charge in [-0.2, -0.15) is 4.31 Å². The summed E-state index contributed by atoms with van der Waals surface area (Å²) in [5.41, 5.74) is 2.38. The molecule has 2 aliphatic rings. The van der Waals surface area contributed by atoms with Crippen LogP contribution in [0.1, 0.15) is 12.0 Å². The van der Waals surface area contributed by atoms with E-state index in [0.29, 0.717) is 50.9 Å². The number of aryl methyl sites for hydroxylation is 1. The quantitative estimate of drug-likeness (QED) is 0.809. The molecule has 0 bridgehead atoms. The molecule has 4 rings (SSSR count). The molecule has 1 saturated heterocycles. The maximum Gasteiger partial charge on any atom is 0.243 e. The van der Waals surface area contributed by atoms with Gasteiger partial charge in [-0.1, -0.05) is 18.2 Å². The van der Waals surface area contributed by atoms with E-state index in [9.17, 15) is 8.42 Å². The zero-order valence-electron chi connectivity index (χ0n) is 15.4. The van der Waals surface area contributed by atoms with E-state index in [-0.39, 0.29) is 4.90 Å². The maximum atomic E-state index is 13.1. The highest BCUT2D eigenvalue weighted by molar-refractivity contribution is 7.89. The van der Waals surface area contributed by atoms with Gasteiger partial charge < -0.3 is 14.4 Å². The Balaban J connectivity index is 1.51. The third-order valence-corrected chi connectivity index (χ3v) is 6.95. The number of para-hydroxylation sites is 1. The summed E-state index contributed by atoms with van der Waals surface area (Å²) in [6.45, 7) is 5.47. The van der Waals surface area contributed by atoms with Gasteiger partial charge in [0.2, 0.25) is 10.0 Å². The molecule has 0 radical (unpaired) electrons. The minimum Gasteiger partial charge on any atom is -0.490 e.